The minimum atomic E-state index is -1.41. The molecule has 0 bridgehead atoms. The van der Waals surface area contributed by atoms with Crippen LogP contribution in [-0.4, -0.2) is 59.0 Å². The number of halogens is 1. The number of carbonyl (C=O) groups is 2. The highest BCUT2D eigenvalue weighted by atomic mass is 35.5. The maximum absolute atomic E-state index is 12.3. The zero-order valence-electron chi connectivity index (χ0n) is 20.5. The van der Waals surface area contributed by atoms with Gasteiger partial charge in [0.05, 0.1) is 17.7 Å². The molecule has 2 atom stereocenters. The number of carboxylic acid groups (broad SMARTS) is 1. The second-order valence-corrected chi connectivity index (χ2v) is 9.75. The van der Waals surface area contributed by atoms with E-state index in [1.807, 2.05) is 12.1 Å². The number of methoxy groups -OCH3 is 1. The van der Waals surface area contributed by atoms with Gasteiger partial charge in [-0.25, -0.2) is 9.59 Å². The number of likely N-dealkylation sites (tertiary alicyclic amines) is 1. The highest BCUT2D eigenvalue weighted by molar-refractivity contribution is 6.33. The van der Waals surface area contributed by atoms with E-state index in [1.54, 1.807) is 12.4 Å². The second kappa shape index (κ2) is 11.7. The van der Waals surface area contributed by atoms with Crippen LogP contribution in [0, 0.1) is 5.92 Å². The first-order valence-corrected chi connectivity index (χ1v) is 12.3. The van der Waals surface area contributed by atoms with Crippen molar-refractivity contribution >= 4 is 23.8 Å². The van der Waals surface area contributed by atoms with E-state index in [1.165, 1.54) is 12.0 Å². The Kier molecular flexibility index (Phi) is 8.97. The maximum atomic E-state index is 12.3. The average molecular weight is 504 g/mol. The maximum Gasteiger partial charge on any atom is 0.407 e. The molecule has 190 valence electrons. The van der Waals surface area contributed by atoms with Gasteiger partial charge < -0.3 is 25.2 Å². The fraction of sp³-hybridized carbons (Fsp3) is 0.500. The summed E-state index contributed by atoms with van der Waals surface area (Å²) in [4.78, 5) is 28.9. The summed E-state index contributed by atoms with van der Waals surface area (Å²) in [7, 11) is 1.30. The van der Waals surface area contributed by atoms with E-state index < -0.39 is 17.8 Å². The lowest BCUT2D eigenvalue weighted by Crippen LogP contribution is -2.48. The molecule has 1 aromatic carbocycles. The van der Waals surface area contributed by atoms with E-state index in [-0.39, 0.29) is 18.9 Å². The lowest BCUT2D eigenvalue weighted by molar-refractivity contribution is -0.0572. The highest BCUT2D eigenvalue weighted by Gasteiger charge is 2.43. The monoisotopic (exact) mass is 503 g/mol. The first kappa shape index (κ1) is 26.8. The first-order chi connectivity index (χ1) is 16.7. The van der Waals surface area contributed by atoms with Crippen LogP contribution in [-0.2, 0) is 10.3 Å². The number of pyridine rings is 1. The van der Waals surface area contributed by atoms with Gasteiger partial charge in [0.15, 0.2) is 0 Å². The Morgan fingerprint density at radius 1 is 1.34 bits per heavy atom. The minimum Gasteiger partial charge on any atom is -0.465 e. The lowest BCUT2D eigenvalue weighted by atomic mass is 9.72. The van der Waals surface area contributed by atoms with Crippen LogP contribution in [0.5, 0.6) is 0 Å². The van der Waals surface area contributed by atoms with Gasteiger partial charge >= 0.3 is 12.2 Å². The predicted octanol–water partition coefficient (Wildman–Crippen LogP) is 5.24. The number of ether oxygens (including phenoxy) is 1. The van der Waals surface area contributed by atoms with Gasteiger partial charge in [0.25, 0.3) is 0 Å². The number of aliphatic hydroxyl groups is 1. The Labute approximate surface area is 211 Å². The van der Waals surface area contributed by atoms with Crippen LogP contribution in [0.1, 0.15) is 56.6 Å². The quantitative estimate of drug-likeness (QED) is 0.425. The number of nitrogens with one attached hydrogen (secondary N) is 1. The van der Waals surface area contributed by atoms with Crippen molar-refractivity contribution in [2.24, 2.45) is 5.92 Å². The van der Waals surface area contributed by atoms with Gasteiger partial charge in [-0.3, -0.25) is 4.98 Å². The second-order valence-electron chi connectivity index (χ2n) is 9.34. The fourth-order valence-electron chi connectivity index (χ4n) is 4.83. The van der Waals surface area contributed by atoms with Crippen LogP contribution in [0.15, 0.2) is 36.7 Å². The molecule has 3 N–H and O–H groups in total. The Hall–Kier alpha value is -2.84. The number of aromatic nitrogens is 1. The van der Waals surface area contributed by atoms with Crippen LogP contribution in [0.25, 0.3) is 11.1 Å². The Morgan fingerprint density at radius 3 is 2.80 bits per heavy atom. The summed E-state index contributed by atoms with van der Waals surface area (Å²) in [5.41, 5.74) is 1.87. The molecule has 0 spiro atoms. The Morgan fingerprint density at radius 2 is 2.11 bits per heavy atom. The molecular weight excluding hydrogens is 470 g/mol. The molecule has 1 aromatic heterocycles. The van der Waals surface area contributed by atoms with Gasteiger partial charge in [0.1, 0.15) is 0 Å². The third kappa shape index (κ3) is 6.24. The summed E-state index contributed by atoms with van der Waals surface area (Å²) >= 11 is 6.69. The number of nitrogens with zero attached hydrogens (tertiary/aromatic N) is 2. The smallest absolute Gasteiger partial charge is 0.407 e. The van der Waals surface area contributed by atoms with Crippen LogP contribution < -0.4 is 5.32 Å². The number of carbonyl (C=O) groups excluding carboxylic acids is 1. The number of hydrogen-bond donors (Lipinski definition) is 3. The van der Waals surface area contributed by atoms with Crippen molar-refractivity contribution in [1.29, 1.82) is 0 Å². The van der Waals surface area contributed by atoms with Crippen molar-refractivity contribution in [3.8, 4) is 11.1 Å². The number of piperidine rings is 1. The van der Waals surface area contributed by atoms with E-state index in [2.05, 4.69) is 41.0 Å². The summed E-state index contributed by atoms with van der Waals surface area (Å²) in [5, 5.41) is 25.0. The van der Waals surface area contributed by atoms with Gasteiger partial charge in [-0.1, -0.05) is 49.7 Å². The van der Waals surface area contributed by atoms with Gasteiger partial charge in [-0.2, -0.15) is 0 Å². The third-order valence-corrected chi connectivity index (χ3v) is 7.05. The topological polar surface area (TPSA) is 112 Å². The van der Waals surface area contributed by atoms with Crippen molar-refractivity contribution in [1.82, 2.24) is 15.2 Å². The van der Waals surface area contributed by atoms with E-state index in [0.29, 0.717) is 54.4 Å². The van der Waals surface area contributed by atoms with E-state index >= 15 is 0 Å². The van der Waals surface area contributed by atoms with Gasteiger partial charge in [0, 0.05) is 49.1 Å². The predicted molar refractivity (Wildman–Crippen MR) is 135 cm³/mol. The highest BCUT2D eigenvalue weighted by Crippen LogP contribution is 2.45. The molecule has 0 saturated carbocycles. The van der Waals surface area contributed by atoms with E-state index in [0.717, 1.165) is 11.1 Å². The lowest BCUT2D eigenvalue weighted by Gasteiger charge is -2.42. The number of benzene rings is 1. The fourth-order valence-corrected chi connectivity index (χ4v) is 5.10. The molecule has 1 saturated heterocycles. The van der Waals surface area contributed by atoms with E-state index in [9.17, 15) is 19.8 Å². The van der Waals surface area contributed by atoms with Gasteiger partial charge in [-0.15, -0.1) is 0 Å². The number of hydrogen-bond acceptors (Lipinski definition) is 5. The van der Waals surface area contributed by atoms with E-state index in [4.69, 9.17) is 11.6 Å². The molecule has 1 aliphatic rings. The molecule has 9 heteroatoms. The molecular formula is C26H34ClN3O5. The number of rotatable bonds is 8. The number of alkyl carbamates (subject to hydrolysis) is 1. The summed E-state index contributed by atoms with van der Waals surface area (Å²) in [6, 6.07) is 8.05. The van der Waals surface area contributed by atoms with Crippen molar-refractivity contribution in [3.63, 3.8) is 0 Å². The van der Waals surface area contributed by atoms with Gasteiger partial charge in [0.2, 0.25) is 0 Å². The zero-order chi connectivity index (χ0) is 25.6. The molecule has 35 heavy (non-hydrogen) atoms. The Balaban J connectivity index is 2.06. The molecule has 8 nitrogen and oxygen atoms in total. The van der Waals surface area contributed by atoms with Crippen LogP contribution in [0.3, 0.4) is 0 Å². The normalized spacial score (nSPS) is 17.7. The molecule has 1 fully saturated rings. The van der Waals surface area contributed by atoms with Gasteiger partial charge in [-0.05, 0) is 42.7 Å². The molecule has 1 aliphatic heterocycles. The standard InChI is InChI=1S/C26H34ClN3O5/c1-17(2)18-7-4-8-19(13-18)23-21(14-28-15-22(23)27)26(34,10-6-11-29-24(31)35-3)20-9-5-12-30(16-20)25(32)33/h4,7-8,13-15,17,20,34H,5-6,9-12,16H2,1-3H3,(H,29,31)(H,32,33)/t20-,26?/m1/s1. The third-order valence-electron chi connectivity index (χ3n) is 6.76. The minimum absolute atomic E-state index is 0.203. The van der Waals surface area contributed by atoms with Crippen molar-refractivity contribution in [2.45, 2.75) is 51.0 Å². The van der Waals surface area contributed by atoms with Crippen LogP contribution in [0.4, 0.5) is 9.59 Å². The van der Waals surface area contributed by atoms with Crippen LogP contribution >= 0.6 is 11.6 Å². The van der Waals surface area contributed by atoms with Crippen molar-refractivity contribution in [2.75, 3.05) is 26.7 Å². The SMILES string of the molecule is COC(=O)NCCCC(O)(c1cncc(Cl)c1-c1cccc(C(C)C)c1)[C@@H]1CCCN(C(=O)O)C1. The van der Waals surface area contributed by atoms with Crippen molar-refractivity contribution in [3.05, 3.63) is 52.8 Å². The Bertz CT molecular complexity index is 1050. The molecule has 2 amide bonds. The van der Waals surface area contributed by atoms with Crippen molar-refractivity contribution < 1.29 is 24.5 Å². The summed E-state index contributed by atoms with van der Waals surface area (Å²) in [6.45, 7) is 5.16. The molecule has 0 aliphatic carbocycles. The summed E-state index contributed by atoms with van der Waals surface area (Å²) in [5.74, 6) is -0.0532. The zero-order valence-corrected chi connectivity index (χ0v) is 21.2. The van der Waals surface area contributed by atoms with Crippen LogP contribution in [0.2, 0.25) is 5.02 Å². The average Bonchev–Trinajstić information content (AvgIpc) is 2.86. The molecule has 2 heterocycles. The first-order valence-electron chi connectivity index (χ1n) is 11.9. The summed E-state index contributed by atoms with van der Waals surface area (Å²) in [6.07, 6.45) is 3.69. The molecule has 3 rings (SSSR count). The molecule has 1 unspecified atom stereocenters. The molecule has 2 aromatic rings. The largest absolute Gasteiger partial charge is 0.465 e. The summed E-state index contributed by atoms with van der Waals surface area (Å²) < 4.78 is 4.63. The molecule has 0 radical (unpaired) electrons. The number of amides is 2.